The Morgan fingerprint density at radius 1 is 1.36 bits per heavy atom. The zero-order valence-corrected chi connectivity index (χ0v) is 7.81. The van der Waals surface area contributed by atoms with Gasteiger partial charge in [0.05, 0.1) is 5.39 Å². The summed E-state index contributed by atoms with van der Waals surface area (Å²) >= 11 is 1.07. The quantitative estimate of drug-likeness (QED) is 0.718. The number of halogens is 2. The minimum atomic E-state index is -2.55. The molecule has 1 heterocycles. The molecule has 74 valence electrons. The van der Waals surface area contributed by atoms with Crippen molar-refractivity contribution in [2.45, 2.75) is 6.43 Å². The summed E-state index contributed by atoms with van der Waals surface area (Å²) in [4.78, 5) is 0. The number of hydrogen-bond donors (Lipinski definition) is 2. The monoisotopic (exact) mass is 215 g/mol. The third-order valence-corrected chi connectivity index (χ3v) is 3.02. The number of anilines is 1. The normalized spacial score (nSPS) is 11.4. The second-order valence-electron chi connectivity index (χ2n) is 2.87. The fourth-order valence-electron chi connectivity index (χ4n) is 1.35. The maximum Gasteiger partial charge on any atom is 0.265 e. The van der Waals surface area contributed by atoms with Crippen molar-refractivity contribution in [2.75, 3.05) is 5.73 Å². The summed E-state index contributed by atoms with van der Waals surface area (Å²) in [6.45, 7) is 0. The van der Waals surface area contributed by atoms with E-state index in [1.807, 2.05) is 0 Å². The van der Waals surface area contributed by atoms with Crippen LogP contribution in [0, 0.1) is 0 Å². The molecule has 0 aliphatic carbocycles. The zero-order valence-electron chi connectivity index (χ0n) is 7.00. The Kier molecular flexibility index (Phi) is 2.03. The number of alkyl halides is 2. The molecule has 0 bridgehead atoms. The molecule has 0 spiro atoms. The fourth-order valence-corrected chi connectivity index (χ4v) is 2.33. The van der Waals surface area contributed by atoms with Gasteiger partial charge in [0, 0.05) is 21.3 Å². The Morgan fingerprint density at radius 2 is 2.07 bits per heavy atom. The van der Waals surface area contributed by atoms with Crippen LogP contribution in [0.15, 0.2) is 17.5 Å². The Bertz CT molecular complexity index is 481. The van der Waals surface area contributed by atoms with E-state index in [4.69, 9.17) is 5.73 Å². The smallest absolute Gasteiger partial charge is 0.265 e. The van der Waals surface area contributed by atoms with Gasteiger partial charge in [-0.2, -0.15) is 0 Å². The van der Waals surface area contributed by atoms with Crippen LogP contribution in [-0.2, 0) is 0 Å². The number of nitrogen functional groups attached to an aromatic ring is 1. The van der Waals surface area contributed by atoms with Gasteiger partial charge in [-0.25, -0.2) is 8.78 Å². The van der Waals surface area contributed by atoms with E-state index in [1.165, 1.54) is 17.5 Å². The van der Waals surface area contributed by atoms with Crippen LogP contribution in [0.5, 0.6) is 5.75 Å². The lowest BCUT2D eigenvalue weighted by molar-refractivity contribution is 0.153. The summed E-state index contributed by atoms with van der Waals surface area (Å²) in [7, 11) is 0. The lowest BCUT2D eigenvalue weighted by Gasteiger charge is -2.03. The van der Waals surface area contributed by atoms with Crippen molar-refractivity contribution in [1.82, 2.24) is 0 Å². The number of hydrogen-bond acceptors (Lipinski definition) is 3. The molecule has 2 aromatic rings. The van der Waals surface area contributed by atoms with E-state index >= 15 is 0 Å². The number of rotatable bonds is 1. The molecule has 5 heteroatoms. The summed E-state index contributed by atoms with van der Waals surface area (Å²) in [5.74, 6) is -0.0370. The first kappa shape index (κ1) is 9.21. The van der Waals surface area contributed by atoms with Crippen LogP contribution in [0.4, 0.5) is 14.5 Å². The number of aromatic hydroxyl groups is 1. The molecular formula is C9H7F2NOS. The van der Waals surface area contributed by atoms with Crippen molar-refractivity contribution in [2.24, 2.45) is 0 Å². The topological polar surface area (TPSA) is 46.2 Å². The van der Waals surface area contributed by atoms with E-state index in [0.717, 1.165) is 11.3 Å². The molecule has 0 fully saturated rings. The standard InChI is InChI=1S/C9H7F2NOS/c10-9(11)4-1-2-5(12)7-6(13)3-14-8(4)7/h1-3,9,13H,12H2. The number of nitrogens with two attached hydrogens (primary N) is 1. The van der Waals surface area contributed by atoms with E-state index in [0.29, 0.717) is 15.8 Å². The summed E-state index contributed by atoms with van der Waals surface area (Å²) in [5, 5.41) is 11.1. The maximum absolute atomic E-state index is 12.5. The van der Waals surface area contributed by atoms with E-state index in [1.54, 1.807) is 0 Å². The molecule has 14 heavy (non-hydrogen) atoms. The maximum atomic E-state index is 12.5. The first-order valence-corrected chi connectivity index (χ1v) is 4.76. The lowest BCUT2D eigenvalue weighted by Crippen LogP contribution is -1.89. The van der Waals surface area contributed by atoms with Gasteiger partial charge in [0.1, 0.15) is 5.75 Å². The Balaban J connectivity index is 2.83. The summed E-state index contributed by atoms with van der Waals surface area (Å²) in [6.07, 6.45) is -2.55. The van der Waals surface area contributed by atoms with E-state index < -0.39 is 6.43 Å². The highest BCUT2D eigenvalue weighted by Gasteiger charge is 2.16. The highest BCUT2D eigenvalue weighted by Crippen LogP contribution is 2.40. The van der Waals surface area contributed by atoms with Crippen molar-refractivity contribution in [1.29, 1.82) is 0 Å². The van der Waals surface area contributed by atoms with Gasteiger partial charge in [-0.3, -0.25) is 0 Å². The molecule has 0 atom stereocenters. The van der Waals surface area contributed by atoms with Gasteiger partial charge < -0.3 is 10.8 Å². The first-order valence-electron chi connectivity index (χ1n) is 3.88. The molecule has 2 nitrogen and oxygen atoms in total. The second kappa shape index (κ2) is 3.09. The molecule has 1 aromatic heterocycles. The van der Waals surface area contributed by atoms with E-state index in [2.05, 4.69) is 0 Å². The third kappa shape index (κ3) is 1.21. The average molecular weight is 215 g/mol. The van der Waals surface area contributed by atoms with Crippen molar-refractivity contribution >= 4 is 27.1 Å². The van der Waals surface area contributed by atoms with Gasteiger partial charge in [0.2, 0.25) is 0 Å². The van der Waals surface area contributed by atoms with Crippen LogP contribution in [0.3, 0.4) is 0 Å². The van der Waals surface area contributed by atoms with Crippen LogP contribution in [0.25, 0.3) is 10.1 Å². The SMILES string of the molecule is Nc1ccc(C(F)F)c2scc(O)c12. The molecule has 0 saturated carbocycles. The molecule has 0 radical (unpaired) electrons. The Labute approximate surface area is 82.6 Å². The minimum Gasteiger partial charge on any atom is -0.506 e. The lowest BCUT2D eigenvalue weighted by atomic mass is 10.1. The number of benzene rings is 1. The predicted octanol–water partition coefficient (Wildman–Crippen LogP) is 3.13. The van der Waals surface area contributed by atoms with Gasteiger partial charge in [-0.05, 0) is 12.1 Å². The van der Waals surface area contributed by atoms with Crippen molar-refractivity contribution in [3.63, 3.8) is 0 Å². The van der Waals surface area contributed by atoms with Crippen LogP contribution in [0.1, 0.15) is 12.0 Å². The van der Waals surface area contributed by atoms with Crippen LogP contribution in [-0.4, -0.2) is 5.11 Å². The Hall–Kier alpha value is -1.36. The van der Waals surface area contributed by atoms with Gasteiger partial charge >= 0.3 is 0 Å². The molecule has 0 amide bonds. The van der Waals surface area contributed by atoms with Crippen LogP contribution < -0.4 is 5.73 Å². The van der Waals surface area contributed by atoms with E-state index in [9.17, 15) is 13.9 Å². The minimum absolute atomic E-state index is 0.0370. The Morgan fingerprint density at radius 3 is 2.71 bits per heavy atom. The van der Waals surface area contributed by atoms with Crippen molar-refractivity contribution in [3.8, 4) is 5.75 Å². The van der Waals surface area contributed by atoms with Crippen LogP contribution >= 0.6 is 11.3 Å². The van der Waals surface area contributed by atoms with Gasteiger partial charge in [0.15, 0.2) is 0 Å². The summed E-state index contributed by atoms with van der Waals surface area (Å²) < 4.78 is 25.4. The molecular weight excluding hydrogens is 208 g/mol. The van der Waals surface area contributed by atoms with Crippen LogP contribution in [0.2, 0.25) is 0 Å². The highest BCUT2D eigenvalue weighted by molar-refractivity contribution is 7.17. The second-order valence-corrected chi connectivity index (χ2v) is 3.75. The third-order valence-electron chi connectivity index (χ3n) is 2.00. The molecule has 2 rings (SSSR count). The predicted molar refractivity (Wildman–Crippen MR) is 52.9 cm³/mol. The van der Waals surface area contributed by atoms with Crippen molar-refractivity contribution in [3.05, 3.63) is 23.1 Å². The molecule has 0 unspecified atom stereocenters. The van der Waals surface area contributed by atoms with Crippen molar-refractivity contribution < 1.29 is 13.9 Å². The molecule has 1 aromatic carbocycles. The van der Waals surface area contributed by atoms with Gasteiger partial charge in [-0.1, -0.05) is 0 Å². The van der Waals surface area contributed by atoms with Gasteiger partial charge in [-0.15, -0.1) is 11.3 Å². The first-order chi connectivity index (χ1) is 6.61. The molecule has 0 aliphatic rings. The average Bonchev–Trinajstić information content (AvgIpc) is 2.49. The highest BCUT2D eigenvalue weighted by atomic mass is 32.1. The fraction of sp³-hybridized carbons (Fsp3) is 0.111. The van der Waals surface area contributed by atoms with E-state index in [-0.39, 0.29) is 11.3 Å². The molecule has 0 saturated heterocycles. The molecule has 3 N–H and O–H groups in total. The number of thiophene rings is 1. The number of fused-ring (bicyclic) bond motifs is 1. The summed E-state index contributed by atoms with van der Waals surface area (Å²) in [5.41, 5.74) is 5.81. The molecule has 0 aliphatic heterocycles. The summed E-state index contributed by atoms with van der Waals surface area (Å²) in [6, 6.07) is 2.68. The zero-order chi connectivity index (χ0) is 10.3. The van der Waals surface area contributed by atoms with Gasteiger partial charge in [0.25, 0.3) is 6.43 Å². The largest absolute Gasteiger partial charge is 0.506 e.